The van der Waals surface area contributed by atoms with Gasteiger partial charge in [0, 0.05) is 48.1 Å². The molecule has 0 radical (unpaired) electrons. The molecule has 3 aromatic carbocycles. The molecular formula is C39H38N2O16. The Labute approximate surface area is 323 Å². The van der Waals surface area contributed by atoms with Crippen LogP contribution in [0.5, 0.6) is 17.2 Å². The molecule has 18 heteroatoms. The van der Waals surface area contributed by atoms with E-state index in [1.54, 1.807) is 6.92 Å². The number of carbonyl (C=O) groups is 5. The molecule has 57 heavy (non-hydrogen) atoms. The maximum atomic E-state index is 14.1. The van der Waals surface area contributed by atoms with Crippen LogP contribution in [0, 0.1) is 10.1 Å². The number of aromatic hydroxyl groups is 2. The lowest BCUT2D eigenvalue weighted by atomic mass is 9.72. The number of aliphatic hydroxyl groups is 2. The predicted octanol–water partition coefficient (Wildman–Crippen LogP) is 2.61. The Kier molecular flexibility index (Phi) is 10.3. The molecule has 2 heterocycles. The third kappa shape index (κ3) is 6.68. The van der Waals surface area contributed by atoms with Crippen molar-refractivity contribution in [3.63, 3.8) is 0 Å². The highest BCUT2D eigenvalue weighted by Gasteiger charge is 2.51. The van der Waals surface area contributed by atoms with Gasteiger partial charge in [-0.3, -0.25) is 29.4 Å². The molecule has 5 N–H and O–H groups in total. The van der Waals surface area contributed by atoms with Crippen molar-refractivity contribution < 1.29 is 73.4 Å². The van der Waals surface area contributed by atoms with Crippen molar-refractivity contribution in [2.24, 2.45) is 0 Å². The average molecular weight is 791 g/mol. The highest BCUT2D eigenvalue weighted by Crippen LogP contribution is 2.52. The number of nitro benzene ring substituents is 1. The fourth-order valence-electron chi connectivity index (χ4n) is 8.41. The average Bonchev–Trinajstić information content (AvgIpc) is 3.72. The zero-order valence-electron chi connectivity index (χ0n) is 30.6. The van der Waals surface area contributed by atoms with E-state index in [0.717, 1.165) is 31.0 Å². The Hall–Kier alpha value is -5.79. The molecule has 3 aromatic rings. The van der Waals surface area contributed by atoms with Crippen molar-refractivity contribution in [1.29, 1.82) is 0 Å². The van der Waals surface area contributed by atoms with Gasteiger partial charge in [-0.15, -0.1) is 0 Å². The number of ketones is 3. The van der Waals surface area contributed by atoms with Gasteiger partial charge in [0.1, 0.15) is 22.8 Å². The quantitative estimate of drug-likeness (QED) is 0.0668. The van der Waals surface area contributed by atoms with Gasteiger partial charge in [0.2, 0.25) is 11.6 Å². The number of benzene rings is 3. The van der Waals surface area contributed by atoms with E-state index >= 15 is 0 Å². The van der Waals surface area contributed by atoms with E-state index in [1.165, 1.54) is 25.3 Å². The fourth-order valence-corrected chi connectivity index (χ4v) is 8.41. The van der Waals surface area contributed by atoms with Crippen LogP contribution in [0.4, 0.5) is 5.69 Å². The van der Waals surface area contributed by atoms with Gasteiger partial charge < -0.3 is 44.5 Å². The van der Waals surface area contributed by atoms with Crippen LogP contribution < -0.4 is 4.74 Å². The first kappa shape index (κ1) is 39.4. The molecule has 2 fully saturated rings. The summed E-state index contributed by atoms with van der Waals surface area (Å²) >= 11 is 0. The molecule has 7 rings (SSSR count). The van der Waals surface area contributed by atoms with Crippen LogP contribution in [0.3, 0.4) is 0 Å². The van der Waals surface area contributed by atoms with Crippen LogP contribution in [0.15, 0.2) is 36.4 Å². The number of nitro groups is 1. The van der Waals surface area contributed by atoms with Crippen LogP contribution in [0.1, 0.15) is 102 Å². The summed E-state index contributed by atoms with van der Waals surface area (Å²) in [5.74, 6) is -7.69. The molecule has 2 aliphatic carbocycles. The summed E-state index contributed by atoms with van der Waals surface area (Å²) in [7, 11) is 1.29. The summed E-state index contributed by atoms with van der Waals surface area (Å²) in [6.45, 7) is 1.87. The van der Waals surface area contributed by atoms with Gasteiger partial charge in [-0.05, 0) is 45.0 Å². The summed E-state index contributed by atoms with van der Waals surface area (Å²) in [6, 6.07) is 6.69. The van der Waals surface area contributed by atoms with Crippen LogP contribution in [-0.4, -0.2) is 122 Å². The third-order valence-electron chi connectivity index (χ3n) is 11.2. The molecule has 2 aliphatic heterocycles. The topological polar surface area (TPSA) is 270 Å². The van der Waals surface area contributed by atoms with E-state index in [9.17, 15) is 59.6 Å². The molecule has 0 aromatic heterocycles. The number of aliphatic hydroxyl groups excluding tert-OH is 1. The van der Waals surface area contributed by atoms with Gasteiger partial charge in [0.15, 0.2) is 24.2 Å². The molecular weight excluding hydrogens is 752 g/mol. The van der Waals surface area contributed by atoms with Gasteiger partial charge in [-0.1, -0.05) is 18.2 Å². The Morgan fingerprint density at radius 2 is 1.70 bits per heavy atom. The molecule has 0 unspecified atom stereocenters. The van der Waals surface area contributed by atoms with E-state index in [1.807, 2.05) is 0 Å². The van der Waals surface area contributed by atoms with Gasteiger partial charge in [0.05, 0.1) is 52.6 Å². The lowest BCUT2D eigenvalue weighted by Gasteiger charge is -2.44. The maximum Gasteiger partial charge on any atom is 0.343 e. The highest BCUT2D eigenvalue weighted by molar-refractivity contribution is 6.31. The number of likely N-dealkylation sites (tertiary alicyclic amines) is 1. The molecule has 0 spiro atoms. The van der Waals surface area contributed by atoms with E-state index < -0.39 is 129 Å². The number of phenolic OH excluding ortho intramolecular Hbond substituents is 2. The maximum absolute atomic E-state index is 14.1. The number of carboxylic acid groups (broad SMARTS) is 1. The zero-order chi connectivity index (χ0) is 41.1. The number of phenols is 2. The van der Waals surface area contributed by atoms with Crippen molar-refractivity contribution in [2.75, 3.05) is 26.8 Å². The number of hydrogen-bond donors (Lipinski definition) is 5. The van der Waals surface area contributed by atoms with Crippen LogP contribution >= 0.6 is 0 Å². The predicted molar refractivity (Wildman–Crippen MR) is 192 cm³/mol. The summed E-state index contributed by atoms with van der Waals surface area (Å²) in [5, 5.41) is 67.9. The van der Waals surface area contributed by atoms with Crippen LogP contribution in [0.25, 0.3) is 0 Å². The van der Waals surface area contributed by atoms with E-state index in [0.29, 0.717) is 13.1 Å². The standard InChI is InChI=1S/C39H38N2O16/c1-17-32(43)22(40-11-3-4-12-40)13-26(56-17)57-24-15-39(51,25(42)16-55-38(50)19-8-5-9-21(41(52)53)27(19)37(48)49)14-20-29(24)36(47)31-30(34(20)45)33(44)18-7-6-10-23(54-2)28(18)35(31)46/h5-10,17,22,24,26,32,43,45,47,51H,3-4,11-16H2,1-2H3,(H,48,49)/t17-,22-,24-,26-,32+,39-/m0/s1. The number of carboxylic acids is 1. The Morgan fingerprint density at radius 3 is 2.37 bits per heavy atom. The number of methoxy groups -OCH3 is 1. The van der Waals surface area contributed by atoms with Gasteiger partial charge in [-0.25, -0.2) is 9.59 Å². The first-order valence-electron chi connectivity index (χ1n) is 18.1. The number of rotatable bonds is 10. The molecule has 2 saturated heterocycles. The number of nitrogens with zero attached hydrogens (tertiary/aromatic N) is 2. The summed E-state index contributed by atoms with van der Waals surface area (Å²) in [5.41, 5.74) is -7.18. The number of hydrogen-bond acceptors (Lipinski definition) is 16. The monoisotopic (exact) mass is 790 g/mol. The largest absolute Gasteiger partial charge is 0.507 e. The summed E-state index contributed by atoms with van der Waals surface area (Å²) < 4.78 is 22.8. The van der Waals surface area contributed by atoms with Gasteiger partial charge in [0.25, 0.3) is 5.69 Å². The van der Waals surface area contributed by atoms with Crippen LogP contribution in [0.2, 0.25) is 0 Å². The van der Waals surface area contributed by atoms with Crippen molar-refractivity contribution in [2.45, 2.75) is 75.3 Å². The first-order valence-corrected chi connectivity index (χ1v) is 18.1. The fraction of sp³-hybridized carbons (Fsp3) is 0.410. The highest BCUT2D eigenvalue weighted by atomic mass is 16.7. The second kappa shape index (κ2) is 14.9. The SMILES string of the molecule is COc1cccc2c1C(=O)c1c(O)c3c(c(O)c1C2=O)C[C@@](O)(C(=O)COC(=O)c1cccc([N+](=O)[O-])c1C(=O)O)C[C@@H]3O[C@H]1C[C@H](N2CCCC2)[C@H](O)[C@H](C)O1. The van der Waals surface area contributed by atoms with E-state index in [2.05, 4.69) is 4.90 Å². The number of fused-ring (bicyclic) bond motifs is 3. The molecule has 300 valence electrons. The number of carbonyl (C=O) groups excluding carboxylic acids is 4. The lowest BCUT2D eigenvalue weighted by Crippen LogP contribution is -2.55. The minimum atomic E-state index is -2.56. The molecule has 4 aliphatic rings. The second-order valence-electron chi connectivity index (χ2n) is 14.5. The second-order valence-corrected chi connectivity index (χ2v) is 14.5. The smallest absolute Gasteiger partial charge is 0.343 e. The zero-order valence-corrected chi connectivity index (χ0v) is 30.6. The number of esters is 1. The normalized spacial score (nSPS) is 25.6. The lowest BCUT2D eigenvalue weighted by molar-refractivity contribution is -0.385. The minimum absolute atomic E-state index is 0.0344. The Bertz CT molecular complexity index is 2230. The number of aromatic carboxylic acids is 1. The molecule has 0 saturated carbocycles. The van der Waals surface area contributed by atoms with Crippen molar-refractivity contribution in [3.8, 4) is 17.2 Å². The first-order chi connectivity index (χ1) is 27.1. The molecule has 18 nitrogen and oxygen atoms in total. The Morgan fingerprint density at radius 1 is 1.02 bits per heavy atom. The van der Waals surface area contributed by atoms with Crippen molar-refractivity contribution in [3.05, 3.63) is 91.0 Å². The summed E-state index contributed by atoms with van der Waals surface area (Å²) in [4.78, 5) is 79.4. The van der Waals surface area contributed by atoms with Gasteiger partial charge in [-0.2, -0.15) is 0 Å². The third-order valence-corrected chi connectivity index (χ3v) is 11.2. The molecule has 0 bridgehead atoms. The van der Waals surface area contributed by atoms with Gasteiger partial charge >= 0.3 is 11.9 Å². The molecule has 6 atom stereocenters. The minimum Gasteiger partial charge on any atom is -0.507 e. The van der Waals surface area contributed by atoms with E-state index in [-0.39, 0.29) is 34.4 Å². The number of ether oxygens (including phenoxy) is 4. The Balaban J connectivity index is 1.27. The van der Waals surface area contributed by atoms with Crippen molar-refractivity contribution in [1.82, 2.24) is 4.90 Å². The van der Waals surface area contributed by atoms with Crippen LogP contribution in [-0.2, 0) is 25.4 Å². The number of Topliss-reactive ketones (excluding diaryl/α,β-unsaturated/α-hetero) is 1. The molecule has 0 amide bonds. The summed E-state index contributed by atoms with van der Waals surface area (Å²) in [6.07, 6.45) is -3.83. The van der Waals surface area contributed by atoms with E-state index in [4.69, 9.17) is 18.9 Å². The van der Waals surface area contributed by atoms with Crippen molar-refractivity contribution >= 4 is 35.0 Å².